The molecule has 0 radical (unpaired) electrons. The van der Waals surface area contributed by atoms with Gasteiger partial charge in [-0.2, -0.15) is 10.1 Å². The molecule has 0 atom stereocenters. The number of nitrogens with two attached hydrogens (primary N) is 1. The topological polar surface area (TPSA) is 156 Å². The van der Waals surface area contributed by atoms with Crippen molar-refractivity contribution >= 4 is 27.0 Å². The first-order valence-corrected chi connectivity index (χ1v) is 12.0. The van der Waals surface area contributed by atoms with Crippen molar-refractivity contribution in [2.75, 3.05) is 19.8 Å². The Morgan fingerprint density at radius 2 is 1.83 bits per heavy atom. The lowest BCUT2D eigenvalue weighted by atomic mass is 10.0. The largest absolute Gasteiger partial charge is 0.369 e. The van der Waals surface area contributed by atoms with Crippen LogP contribution in [-0.2, 0) is 16.6 Å². The Labute approximate surface area is 200 Å². The van der Waals surface area contributed by atoms with Crippen LogP contribution in [0, 0.1) is 0 Å². The predicted octanol–water partition coefficient (Wildman–Crippen LogP) is 2.06. The third kappa shape index (κ3) is 4.09. The van der Waals surface area contributed by atoms with Crippen molar-refractivity contribution < 1.29 is 8.42 Å². The highest BCUT2D eigenvalue weighted by molar-refractivity contribution is 7.89. The first-order chi connectivity index (χ1) is 16.7. The van der Waals surface area contributed by atoms with E-state index < -0.39 is 15.6 Å². The highest BCUT2D eigenvalue weighted by Crippen LogP contribution is 2.36. The minimum atomic E-state index is -3.58. The average Bonchev–Trinajstić information content (AvgIpc) is 3.44. The van der Waals surface area contributed by atoms with Crippen LogP contribution < -0.4 is 11.3 Å². The van der Waals surface area contributed by atoms with Crippen molar-refractivity contribution in [3.8, 4) is 22.4 Å². The van der Waals surface area contributed by atoms with Crippen LogP contribution in [0.2, 0.25) is 0 Å². The summed E-state index contributed by atoms with van der Waals surface area (Å²) in [5.41, 5.74) is 9.23. The average molecular weight is 491 g/mol. The second-order valence-electron chi connectivity index (χ2n) is 8.15. The number of hydrogen-bond acceptors (Lipinski definition) is 7. The van der Waals surface area contributed by atoms with Gasteiger partial charge in [0.15, 0.2) is 0 Å². The molecule has 0 amide bonds. The maximum atomic E-state index is 12.9. The molecule has 5 aromatic rings. The number of nitrogens with zero attached hydrogens (tertiary/aromatic N) is 5. The second kappa shape index (κ2) is 8.49. The van der Waals surface area contributed by atoms with Crippen LogP contribution >= 0.6 is 0 Å². The van der Waals surface area contributed by atoms with Gasteiger partial charge in [-0.3, -0.25) is 19.4 Å². The molecule has 5 rings (SSSR count). The summed E-state index contributed by atoms with van der Waals surface area (Å²) in [5, 5.41) is 4.79. The van der Waals surface area contributed by atoms with E-state index in [0.717, 1.165) is 9.87 Å². The summed E-state index contributed by atoms with van der Waals surface area (Å²) >= 11 is 0. The van der Waals surface area contributed by atoms with Gasteiger partial charge in [0.25, 0.3) is 5.56 Å². The highest BCUT2D eigenvalue weighted by Gasteiger charge is 2.22. The lowest BCUT2D eigenvalue weighted by Crippen LogP contribution is -2.22. The Hall–Kier alpha value is -4.29. The Kier molecular flexibility index (Phi) is 5.46. The van der Waals surface area contributed by atoms with Crippen LogP contribution in [0.5, 0.6) is 0 Å². The lowest BCUT2D eigenvalue weighted by molar-refractivity contribution is 0.521. The first-order valence-electron chi connectivity index (χ1n) is 10.6. The number of rotatable bonds is 6. The number of benzene rings is 1. The minimum absolute atomic E-state index is 0.0125. The number of aromatic nitrogens is 6. The Morgan fingerprint density at radius 1 is 1.06 bits per heavy atom. The molecular weight excluding hydrogens is 468 g/mol. The number of sulfonamides is 1. The molecule has 4 heterocycles. The molecule has 0 spiro atoms. The summed E-state index contributed by atoms with van der Waals surface area (Å²) < 4.78 is 27.9. The standard InChI is InChI=1S/C23H22N8O3S/c1-30(2)35(33,34)17-7-5-15(6-8-17)20-18(19-21(27-20)28-23(24)29-22(19)32)16-11-26-31(13-16)12-14-4-3-9-25-10-14/h3-11,13H,12H2,1-2H3,(H4,24,27,28,29,32). The smallest absolute Gasteiger partial charge is 0.262 e. The number of hydrogen-bond donors (Lipinski definition) is 3. The fourth-order valence-corrected chi connectivity index (χ4v) is 4.79. The van der Waals surface area contributed by atoms with Crippen LogP contribution in [0.15, 0.2) is 70.9 Å². The van der Waals surface area contributed by atoms with Gasteiger partial charge in [-0.25, -0.2) is 12.7 Å². The van der Waals surface area contributed by atoms with Crippen molar-refractivity contribution in [1.82, 2.24) is 34.0 Å². The molecular formula is C23H22N8O3S. The first kappa shape index (κ1) is 22.5. The summed E-state index contributed by atoms with van der Waals surface area (Å²) in [5.74, 6) is -0.0125. The van der Waals surface area contributed by atoms with E-state index in [9.17, 15) is 13.2 Å². The molecule has 0 bridgehead atoms. The number of H-pyrrole nitrogens is 2. The molecule has 0 aliphatic rings. The lowest BCUT2D eigenvalue weighted by Gasteiger charge is -2.11. The van der Waals surface area contributed by atoms with Gasteiger partial charge < -0.3 is 10.7 Å². The number of nitrogens with one attached hydrogen (secondary N) is 2. The molecule has 0 aliphatic heterocycles. The maximum absolute atomic E-state index is 12.9. The number of aromatic amines is 2. The summed E-state index contributed by atoms with van der Waals surface area (Å²) in [6.07, 6.45) is 6.97. The van der Waals surface area contributed by atoms with Crippen LogP contribution in [0.3, 0.4) is 0 Å². The quantitative estimate of drug-likeness (QED) is 0.329. The van der Waals surface area contributed by atoms with Gasteiger partial charge in [0.05, 0.1) is 28.7 Å². The third-order valence-electron chi connectivity index (χ3n) is 5.59. The zero-order valence-electron chi connectivity index (χ0n) is 18.9. The number of fused-ring (bicyclic) bond motifs is 1. The molecule has 4 aromatic heterocycles. The van der Waals surface area contributed by atoms with E-state index in [4.69, 9.17) is 5.73 Å². The SMILES string of the molecule is CN(C)S(=O)(=O)c1ccc(-c2[nH]c3nc(N)[nH]c(=O)c3c2-c2cnn(Cc3cccnc3)c2)cc1. The number of nitrogen functional groups attached to an aromatic ring is 1. The van der Waals surface area contributed by atoms with Crippen molar-refractivity contribution in [2.24, 2.45) is 0 Å². The van der Waals surface area contributed by atoms with E-state index in [0.29, 0.717) is 40.0 Å². The van der Waals surface area contributed by atoms with Crippen LogP contribution in [-0.4, -0.2) is 56.5 Å². The summed E-state index contributed by atoms with van der Waals surface area (Å²) in [6, 6.07) is 10.2. The molecule has 4 N–H and O–H groups in total. The zero-order valence-corrected chi connectivity index (χ0v) is 19.7. The Bertz CT molecular complexity index is 1680. The Morgan fingerprint density at radius 3 is 2.51 bits per heavy atom. The van der Waals surface area contributed by atoms with Crippen LogP contribution in [0.1, 0.15) is 5.56 Å². The minimum Gasteiger partial charge on any atom is -0.369 e. The predicted molar refractivity (Wildman–Crippen MR) is 132 cm³/mol. The fourth-order valence-electron chi connectivity index (χ4n) is 3.89. The van der Waals surface area contributed by atoms with E-state index in [1.165, 1.54) is 26.2 Å². The molecule has 35 heavy (non-hydrogen) atoms. The monoisotopic (exact) mass is 490 g/mol. The van der Waals surface area contributed by atoms with E-state index >= 15 is 0 Å². The zero-order chi connectivity index (χ0) is 24.7. The molecule has 178 valence electrons. The molecule has 0 saturated heterocycles. The maximum Gasteiger partial charge on any atom is 0.262 e. The van der Waals surface area contributed by atoms with Crippen LogP contribution in [0.4, 0.5) is 5.95 Å². The Balaban J connectivity index is 1.65. The molecule has 0 fully saturated rings. The fraction of sp³-hybridized carbons (Fsp3) is 0.130. The van der Waals surface area contributed by atoms with Gasteiger partial charge in [-0.05, 0) is 29.3 Å². The molecule has 12 heteroatoms. The summed E-state index contributed by atoms with van der Waals surface area (Å²) in [7, 11) is -0.627. The van der Waals surface area contributed by atoms with Crippen LogP contribution in [0.25, 0.3) is 33.4 Å². The van der Waals surface area contributed by atoms with Crippen molar-refractivity contribution in [3.63, 3.8) is 0 Å². The van der Waals surface area contributed by atoms with Gasteiger partial charge >= 0.3 is 0 Å². The van der Waals surface area contributed by atoms with Gasteiger partial charge in [0, 0.05) is 43.8 Å². The van der Waals surface area contributed by atoms with Crippen molar-refractivity contribution in [2.45, 2.75) is 11.4 Å². The van der Waals surface area contributed by atoms with Gasteiger partial charge in [0.2, 0.25) is 16.0 Å². The van der Waals surface area contributed by atoms with Crippen molar-refractivity contribution in [3.05, 3.63) is 77.1 Å². The second-order valence-corrected chi connectivity index (χ2v) is 10.3. The number of anilines is 1. The molecule has 11 nitrogen and oxygen atoms in total. The normalized spacial score (nSPS) is 12.0. The number of pyridine rings is 1. The summed E-state index contributed by atoms with van der Waals surface area (Å²) in [6.45, 7) is 0.504. The van der Waals surface area contributed by atoms with Gasteiger partial charge in [0.1, 0.15) is 5.65 Å². The van der Waals surface area contributed by atoms with E-state index in [2.05, 4.69) is 25.0 Å². The van der Waals surface area contributed by atoms with E-state index in [1.54, 1.807) is 35.4 Å². The summed E-state index contributed by atoms with van der Waals surface area (Å²) in [4.78, 5) is 27.2. The highest BCUT2D eigenvalue weighted by atomic mass is 32.2. The van der Waals surface area contributed by atoms with E-state index in [-0.39, 0.29) is 10.8 Å². The molecule has 0 saturated carbocycles. The van der Waals surface area contributed by atoms with Gasteiger partial charge in [-0.1, -0.05) is 18.2 Å². The van der Waals surface area contributed by atoms with E-state index in [1.807, 2.05) is 18.3 Å². The molecule has 1 aromatic carbocycles. The third-order valence-corrected chi connectivity index (χ3v) is 7.42. The van der Waals surface area contributed by atoms with Crippen molar-refractivity contribution in [1.29, 1.82) is 0 Å². The van der Waals surface area contributed by atoms with Gasteiger partial charge in [-0.15, -0.1) is 0 Å². The molecule has 0 aliphatic carbocycles. The molecule has 0 unspecified atom stereocenters.